The van der Waals surface area contributed by atoms with E-state index in [0.717, 1.165) is 47.0 Å². The molecule has 0 spiro atoms. The Labute approximate surface area is 250 Å². The van der Waals surface area contributed by atoms with E-state index < -0.39 is 0 Å². The Balaban J connectivity index is 1.60. The van der Waals surface area contributed by atoms with Gasteiger partial charge in [0.05, 0.1) is 23.3 Å². The second-order valence-electron chi connectivity index (χ2n) is 11.0. The maximum absolute atomic E-state index is 12.1. The first-order chi connectivity index (χ1) is 20.1. The molecule has 9 nitrogen and oxygen atoms in total. The summed E-state index contributed by atoms with van der Waals surface area (Å²) >= 11 is 0. The van der Waals surface area contributed by atoms with E-state index in [1.54, 1.807) is 12.3 Å². The normalized spacial score (nSPS) is 13.6. The molecule has 9 heteroatoms. The molecule has 2 atom stereocenters. The number of pyridine rings is 1. The number of guanidine groups is 1. The first kappa shape index (κ1) is 32.4. The third-order valence-corrected chi connectivity index (χ3v) is 7.20. The number of anilines is 1. The molecule has 2 aromatic heterocycles. The van der Waals surface area contributed by atoms with Crippen molar-refractivity contribution in [3.63, 3.8) is 0 Å². The summed E-state index contributed by atoms with van der Waals surface area (Å²) in [6.45, 7) is 11.8. The van der Waals surface area contributed by atoms with E-state index in [1.807, 2.05) is 68.5 Å². The Morgan fingerprint density at radius 1 is 1.17 bits per heavy atom. The summed E-state index contributed by atoms with van der Waals surface area (Å²) in [6, 6.07) is 12.3. The fourth-order valence-electron chi connectivity index (χ4n) is 4.84. The predicted molar refractivity (Wildman–Crippen MR) is 175 cm³/mol. The van der Waals surface area contributed by atoms with Gasteiger partial charge in [-0.15, -0.1) is 0 Å². The smallest absolute Gasteiger partial charge is 0.248 e. The number of para-hydroxylation sites is 1. The molecule has 2 heterocycles. The number of rotatable bonds is 14. The highest BCUT2D eigenvalue weighted by atomic mass is 16.1. The fraction of sp³-hybridized carbons (Fsp3) is 0.394. The average Bonchev–Trinajstić information content (AvgIpc) is 3.38. The van der Waals surface area contributed by atoms with Crippen LogP contribution in [0.5, 0.6) is 0 Å². The monoisotopic (exact) mass is 570 g/mol. The topological polar surface area (TPSA) is 112 Å². The van der Waals surface area contributed by atoms with Gasteiger partial charge in [0.1, 0.15) is 0 Å². The molecule has 1 aromatic carbocycles. The van der Waals surface area contributed by atoms with Gasteiger partial charge >= 0.3 is 0 Å². The van der Waals surface area contributed by atoms with Gasteiger partial charge in [0.15, 0.2) is 0 Å². The number of likely N-dealkylation sites (N-methyl/N-ethyl adjacent to an activating group) is 1. The molecule has 4 N–H and O–H groups in total. The minimum atomic E-state index is -0.167. The Hall–Kier alpha value is -4.08. The highest BCUT2D eigenvalue weighted by Crippen LogP contribution is 2.21. The maximum atomic E-state index is 12.1. The van der Waals surface area contributed by atoms with Crippen LogP contribution in [0.1, 0.15) is 51.3 Å². The summed E-state index contributed by atoms with van der Waals surface area (Å²) in [5.41, 5.74) is 5.10. The zero-order valence-electron chi connectivity index (χ0n) is 25.9. The van der Waals surface area contributed by atoms with Crippen molar-refractivity contribution in [3.8, 4) is 0 Å². The molecule has 0 bridgehead atoms. The number of amides is 1. The number of nitrogens with zero attached hydrogens (tertiary/aromatic N) is 4. The third kappa shape index (κ3) is 9.49. The quantitative estimate of drug-likeness (QED) is 0.115. The summed E-state index contributed by atoms with van der Waals surface area (Å²) < 4.78 is 0. The number of hydrogen-bond donors (Lipinski definition) is 4. The molecule has 0 aliphatic carbocycles. The SMILES string of the molecule is C=C(C)/C(=N\C(=N)N[C@H](CC)C[C@H](CC)N(C)Cc1ccc(NC(=O)/C=C/CN(C)C)cn1)c1c[nH]c2ccccc12. The van der Waals surface area contributed by atoms with Gasteiger partial charge in [0.2, 0.25) is 11.9 Å². The van der Waals surface area contributed by atoms with Crippen LogP contribution < -0.4 is 10.6 Å². The number of aromatic nitrogens is 2. The van der Waals surface area contributed by atoms with Gasteiger partial charge < -0.3 is 20.5 Å². The molecule has 3 rings (SSSR count). The zero-order chi connectivity index (χ0) is 30.6. The number of carbonyl (C=O) groups is 1. The number of aromatic amines is 1. The van der Waals surface area contributed by atoms with Crippen LogP contribution in [0.15, 0.2) is 78.1 Å². The summed E-state index contributed by atoms with van der Waals surface area (Å²) in [7, 11) is 6.01. The number of H-pyrrole nitrogens is 1. The molecule has 224 valence electrons. The van der Waals surface area contributed by atoms with Crippen LogP contribution in [0.2, 0.25) is 0 Å². The van der Waals surface area contributed by atoms with Crippen molar-refractivity contribution in [3.05, 3.63) is 84.4 Å². The van der Waals surface area contributed by atoms with Gasteiger partial charge in [0.25, 0.3) is 0 Å². The molecular formula is C33H46N8O. The lowest BCUT2D eigenvalue weighted by Crippen LogP contribution is -2.41. The van der Waals surface area contributed by atoms with Gasteiger partial charge in [-0.05, 0) is 71.1 Å². The van der Waals surface area contributed by atoms with Crippen LogP contribution in [-0.4, -0.2) is 77.1 Å². The van der Waals surface area contributed by atoms with Crippen LogP contribution in [-0.2, 0) is 11.3 Å². The van der Waals surface area contributed by atoms with Crippen molar-refractivity contribution >= 4 is 34.2 Å². The van der Waals surface area contributed by atoms with E-state index in [-0.39, 0.29) is 24.0 Å². The highest BCUT2D eigenvalue weighted by Gasteiger charge is 2.20. The minimum Gasteiger partial charge on any atom is -0.360 e. The second-order valence-corrected chi connectivity index (χ2v) is 11.0. The molecular weight excluding hydrogens is 524 g/mol. The largest absolute Gasteiger partial charge is 0.360 e. The number of carbonyl (C=O) groups excluding carboxylic acids is 1. The van der Waals surface area contributed by atoms with Crippen molar-refractivity contribution < 1.29 is 4.79 Å². The Morgan fingerprint density at radius 3 is 2.57 bits per heavy atom. The van der Waals surface area contributed by atoms with Gasteiger partial charge in [-0.3, -0.25) is 20.1 Å². The van der Waals surface area contributed by atoms with Crippen LogP contribution in [0, 0.1) is 5.41 Å². The lowest BCUT2D eigenvalue weighted by Gasteiger charge is -2.30. The van der Waals surface area contributed by atoms with E-state index in [0.29, 0.717) is 24.5 Å². The summed E-state index contributed by atoms with van der Waals surface area (Å²) in [5, 5.41) is 15.9. The van der Waals surface area contributed by atoms with Gasteiger partial charge in [0, 0.05) is 53.9 Å². The first-order valence-electron chi connectivity index (χ1n) is 14.5. The lowest BCUT2D eigenvalue weighted by atomic mass is 10.0. The number of nitrogens with one attached hydrogen (secondary N) is 4. The number of aliphatic imine (C=N–C) groups is 1. The van der Waals surface area contributed by atoms with Gasteiger partial charge in [-0.1, -0.05) is 44.7 Å². The molecule has 0 saturated carbocycles. The van der Waals surface area contributed by atoms with Crippen LogP contribution in [0.25, 0.3) is 10.9 Å². The van der Waals surface area contributed by atoms with Crippen molar-refractivity contribution in [1.29, 1.82) is 5.41 Å². The van der Waals surface area contributed by atoms with Crippen molar-refractivity contribution in [2.45, 2.75) is 58.7 Å². The van der Waals surface area contributed by atoms with E-state index in [2.05, 4.69) is 64.0 Å². The van der Waals surface area contributed by atoms with Crippen LogP contribution in [0.3, 0.4) is 0 Å². The summed E-state index contributed by atoms with van der Waals surface area (Å²) in [5.74, 6) is -0.0297. The molecule has 3 aromatic rings. The maximum Gasteiger partial charge on any atom is 0.248 e. The Bertz CT molecular complexity index is 1400. The van der Waals surface area contributed by atoms with Crippen LogP contribution in [0.4, 0.5) is 5.69 Å². The average molecular weight is 571 g/mol. The third-order valence-electron chi connectivity index (χ3n) is 7.20. The molecule has 42 heavy (non-hydrogen) atoms. The van der Waals surface area contributed by atoms with E-state index in [4.69, 9.17) is 5.41 Å². The van der Waals surface area contributed by atoms with Crippen molar-refractivity contribution in [2.75, 3.05) is 33.0 Å². The molecule has 0 aliphatic rings. The van der Waals surface area contributed by atoms with Crippen molar-refractivity contribution in [1.82, 2.24) is 25.1 Å². The zero-order valence-corrected chi connectivity index (χ0v) is 25.9. The summed E-state index contributed by atoms with van der Waals surface area (Å²) in [6.07, 6.45) is 9.70. The molecule has 0 saturated heterocycles. The standard InChI is InChI=1S/C33H46N8O/c1-8-24(38-33(34)39-32(23(3)4)29-21-36-30-14-11-10-13-28(29)30)19-27(9-2)41(7)22-26-17-16-25(20-35-26)37-31(42)15-12-18-40(5)6/h10-17,20-21,24,27,36H,3,8-9,18-19,22H2,1-2,4-7H3,(H2,34,38)(H,37,42)/b15-12+,39-32+/t24-,27+/m1/s1. The van der Waals surface area contributed by atoms with Crippen molar-refractivity contribution in [2.24, 2.45) is 4.99 Å². The first-order valence-corrected chi connectivity index (χ1v) is 14.5. The number of allylic oxidation sites excluding steroid dienone is 1. The molecule has 0 unspecified atom stereocenters. The van der Waals surface area contributed by atoms with Gasteiger partial charge in [-0.2, -0.15) is 0 Å². The van der Waals surface area contributed by atoms with Crippen LogP contribution >= 0.6 is 0 Å². The van der Waals surface area contributed by atoms with E-state index >= 15 is 0 Å². The number of benzene rings is 1. The fourth-order valence-corrected chi connectivity index (χ4v) is 4.84. The second kappa shape index (κ2) is 15.8. The van der Waals surface area contributed by atoms with E-state index in [9.17, 15) is 4.79 Å². The van der Waals surface area contributed by atoms with Gasteiger partial charge in [-0.25, -0.2) is 4.99 Å². The Kier molecular flexibility index (Phi) is 12.2. The Morgan fingerprint density at radius 2 is 1.93 bits per heavy atom. The molecule has 0 aliphatic heterocycles. The van der Waals surface area contributed by atoms with E-state index in [1.165, 1.54) is 0 Å². The number of fused-ring (bicyclic) bond motifs is 1. The molecule has 1 amide bonds. The molecule has 0 radical (unpaired) electrons. The highest BCUT2D eigenvalue weighted by molar-refractivity contribution is 6.21. The predicted octanol–water partition coefficient (Wildman–Crippen LogP) is 5.59. The summed E-state index contributed by atoms with van der Waals surface area (Å²) in [4.78, 5) is 28.9. The number of hydrogen-bond acceptors (Lipinski definition) is 5. The minimum absolute atomic E-state index is 0.0917. The lowest BCUT2D eigenvalue weighted by molar-refractivity contribution is -0.111. The molecule has 0 fully saturated rings.